The molecule has 2 rings (SSSR count). The Morgan fingerprint density at radius 3 is 2.39 bits per heavy atom. The van der Waals surface area contributed by atoms with Crippen molar-refractivity contribution in [2.45, 2.75) is 13.3 Å². The van der Waals surface area contributed by atoms with E-state index in [-0.39, 0.29) is 5.88 Å². The second kappa shape index (κ2) is 5.00. The SMILES string of the molecule is CCc1cc(-c2cnoc2N)c(OC)cc1OC. The highest BCUT2D eigenvalue weighted by atomic mass is 16.5. The Morgan fingerprint density at radius 2 is 1.89 bits per heavy atom. The van der Waals surface area contributed by atoms with Gasteiger partial charge in [0.2, 0.25) is 5.88 Å². The van der Waals surface area contributed by atoms with Gasteiger partial charge in [-0.1, -0.05) is 12.1 Å². The Morgan fingerprint density at radius 1 is 1.17 bits per heavy atom. The minimum absolute atomic E-state index is 0.278. The lowest BCUT2D eigenvalue weighted by atomic mass is 10.0. The van der Waals surface area contributed by atoms with Crippen LogP contribution in [0.1, 0.15) is 12.5 Å². The maximum Gasteiger partial charge on any atom is 0.230 e. The van der Waals surface area contributed by atoms with Crippen molar-refractivity contribution < 1.29 is 14.0 Å². The van der Waals surface area contributed by atoms with E-state index in [1.807, 2.05) is 12.1 Å². The molecule has 96 valence electrons. The van der Waals surface area contributed by atoms with Gasteiger partial charge in [0.1, 0.15) is 11.5 Å². The highest BCUT2D eigenvalue weighted by Crippen LogP contribution is 2.38. The zero-order valence-electron chi connectivity index (χ0n) is 10.7. The summed E-state index contributed by atoms with van der Waals surface area (Å²) in [5.41, 5.74) is 8.40. The van der Waals surface area contributed by atoms with Crippen LogP contribution in [-0.4, -0.2) is 19.4 Å². The lowest BCUT2D eigenvalue weighted by molar-refractivity contribution is 0.392. The number of ether oxygens (including phenoxy) is 2. The van der Waals surface area contributed by atoms with Crippen molar-refractivity contribution in [2.75, 3.05) is 20.0 Å². The summed E-state index contributed by atoms with van der Waals surface area (Å²) in [6, 6.07) is 3.83. The highest BCUT2D eigenvalue weighted by molar-refractivity contribution is 5.78. The molecule has 0 radical (unpaired) electrons. The van der Waals surface area contributed by atoms with Crippen LogP contribution < -0.4 is 15.2 Å². The molecule has 5 nitrogen and oxygen atoms in total. The molecule has 0 atom stereocenters. The van der Waals surface area contributed by atoms with Gasteiger partial charge in [-0.05, 0) is 18.1 Å². The van der Waals surface area contributed by atoms with Gasteiger partial charge in [-0.3, -0.25) is 0 Å². The Bertz CT molecular complexity index is 549. The quantitative estimate of drug-likeness (QED) is 0.900. The average Bonchev–Trinajstić information content (AvgIpc) is 2.83. The number of rotatable bonds is 4. The van der Waals surface area contributed by atoms with E-state index in [2.05, 4.69) is 12.1 Å². The molecular formula is C13H16N2O3. The molecule has 0 amide bonds. The summed E-state index contributed by atoms with van der Waals surface area (Å²) in [7, 11) is 3.25. The second-order valence-electron chi connectivity index (χ2n) is 3.82. The lowest BCUT2D eigenvalue weighted by Gasteiger charge is -2.13. The molecule has 2 N–H and O–H groups in total. The zero-order valence-corrected chi connectivity index (χ0v) is 10.7. The molecule has 0 unspecified atom stereocenters. The van der Waals surface area contributed by atoms with Crippen LogP contribution in [0.5, 0.6) is 11.5 Å². The first-order chi connectivity index (χ1) is 8.71. The van der Waals surface area contributed by atoms with Gasteiger partial charge in [0.25, 0.3) is 0 Å². The third kappa shape index (κ3) is 1.99. The fourth-order valence-corrected chi connectivity index (χ4v) is 1.90. The number of nitrogen functional groups attached to an aromatic ring is 1. The minimum atomic E-state index is 0.278. The number of nitrogens with two attached hydrogens (primary N) is 1. The average molecular weight is 248 g/mol. The van der Waals surface area contributed by atoms with Crippen LogP contribution in [0.15, 0.2) is 22.9 Å². The summed E-state index contributed by atoms with van der Waals surface area (Å²) in [6.45, 7) is 2.06. The van der Waals surface area contributed by atoms with Crippen LogP contribution >= 0.6 is 0 Å². The van der Waals surface area contributed by atoms with E-state index in [1.165, 1.54) is 0 Å². The molecule has 1 aromatic heterocycles. The summed E-state index contributed by atoms with van der Waals surface area (Å²) < 4.78 is 15.6. The third-order valence-corrected chi connectivity index (χ3v) is 2.87. The number of methoxy groups -OCH3 is 2. The minimum Gasteiger partial charge on any atom is -0.496 e. The van der Waals surface area contributed by atoms with Crippen molar-refractivity contribution in [3.05, 3.63) is 23.9 Å². The maximum atomic E-state index is 5.74. The molecular weight excluding hydrogens is 232 g/mol. The number of aryl methyl sites for hydroxylation is 1. The Hall–Kier alpha value is -2.17. The molecule has 0 saturated heterocycles. The molecule has 0 saturated carbocycles. The molecule has 0 bridgehead atoms. The van der Waals surface area contributed by atoms with Crippen LogP contribution in [-0.2, 0) is 6.42 Å². The predicted molar refractivity (Wildman–Crippen MR) is 68.8 cm³/mol. The monoisotopic (exact) mass is 248 g/mol. The number of benzene rings is 1. The summed E-state index contributed by atoms with van der Waals surface area (Å²) in [6.07, 6.45) is 2.43. The third-order valence-electron chi connectivity index (χ3n) is 2.87. The van der Waals surface area contributed by atoms with E-state index in [0.29, 0.717) is 5.75 Å². The van der Waals surface area contributed by atoms with Gasteiger partial charge in [0.05, 0.1) is 26.0 Å². The van der Waals surface area contributed by atoms with Gasteiger partial charge in [0, 0.05) is 11.6 Å². The van der Waals surface area contributed by atoms with E-state index in [9.17, 15) is 0 Å². The Kier molecular flexibility index (Phi) is 3.41. The van der Waals surface area contributed by atoms with Crippen molar-refractivity contribution in [3.8, 4) is 22.6 Å². The fraction of sp³-hybridized carbons (Fsp3) is 0.308. The van der Waals surface area contributed by atoms with Crippen molar-refractivity contribution in [2.24, 2.45) is 0 Å². The molecule has 0 fully saturated rings. The van der Waals surface area contributed by atoms with Gasteiger partial charge >= 0.3 is 0 Å². The number of anilines is 1. The second-order valence-corrected chi connectivity index (χ2v) is 3.82. The fourth-order valence-electron chi connectivity index (χ4n) is 1.90. The topological polar surface area (TPSA) is 70.5 Å². The molecule has 2 aromatic rings. The maximum absolute atomic E-state index is 5.74. The van der Waals surface area contributed by atoms with Crippen LogP contribution in [0.3, 0.4) is 0 Å². The molecule has 0 aliphatic carbocycles. The standard InChI is InChI=1S/C13H16N2O3/c1-4-8-5-9(10-7-15-18-13(10)14)12(17-3)6-11(8)16-2/h5-7H,4,14H2,1-3H3. The van der Waals surface area contributed by atoms with Gasteiger partial charge in [-0.15, -0.1) is 0 Å². The summed E-state index contributed by atoms with van der Waals surface area (Å²) in [5.74, 6) is 1.76. The molecule has 1 aromatic carbocycles. The molecule has 0 aliphatic heterocycles. The first-order valence-corrected chi connectivity index (χ1v) is 5.66. The van der Waals surface area contributed by atoms with Gasteiger partial charge in [0.15, 0.2) is 0 Å². The van der Waals surface area contributed by atoms with Crippen LogP contribution in [0.4, 0.5) is 5.88 Å². The largest absolute Gasteiger partial charge is 0.496 e. The summed E-state index contributed by atoms with van der Waals surface area (Å²) in [4.78, 5) is 0. The lowest BCUT2D eigenvalue weighted by Crippen LogP contribution is -1.96. The van der Waals surface area contributed by atoms with Crippen molar-refractivity contribution >= 4 is 5.88 Å². The first-order valence-electron chi connectivity index (χ1n) is 5.66. The van der Waals surface area contributed by atoms with Crippen LogP contribution in [0.2, 0.25) is 0 Å². The van der Waals surface area contributed by atoms with Gasteiger partial charge in [-0.2, -0.15) is 0 Å². The number of aromatic nitrogens is 1. The predicted octanol–water partition coefficient (Wildman–Crippen LogP) is 2.50. The summed E-state index contributed by atoms with van der Waals surface area (Å²) in [5, 5.41) is 3.68. The van der Waals surface area contributed by atoms with E-state index in [0.717, 1.165) is 28.9 Å². The highest BCUT2D eigenvalue weighted by Gasteiger charge is 2.16. The molecule has 0 spiro atoms. The van der Waals surface area contributed by atoms with Gasteiger partial charge < -0.3 is 19.7 Å². The van der Waals surface area contributed by atoms with E-state index >= 15 is 0 Å². The molecule has 1 heterocycles. The van der Waals surface area contributed by atoms with Crippen molar-refractivity contribution in [1.82, 2.24) is 5.16 Å². The van der Waals surface area contributed by atoms with Crippen LogP contribution in [0.25, 0.3) is 11.1 Å². The number of hydrogen-bond acceptors (Lipinski definition) is 5. The smallest absolute Gasteiger partial charge is 0.230 e. The van der Waals surface area contributed by atoms with E-state index < -0.39 is 0 Å². The van der Waals surface area contributed by atoms with Crippen molar-refractivity contribution in [1.29, 1.82) is 0 Å². The zero-order chi connectivity index (χ0) is 13.1. The van der Waals surface area contributed by atoms with Gasteiger partial charge in [-0.25, -0.2) is 0 Å². The van der Waals surface area contributed by atoms with Crippen LogP contribution in [0, 0.1) is 0 Å². The van der Waals surface area contributed by atoms with E-state index in [1.54, 1.807) is 20.4 Å². The number of nitrogens with zero attached hydrogens (tertiary/aromatic N) is 1. The normalized spacial score (nSPS) is 10.4. The molecule has 0 aliphatic rings. The first kappa shape index (κ1) is 12.3. The molecule has 5 heteroatoms. The summed E-state index contributed by atoms with van der Waals surface area (Å²) >= 11 is 0. The Balaban J connectivity index is 2.62. The number of hydrogen-bond donors (Lipinski definition) is 1. The molecule has 18 heavy (non-hydrogen) atoms. The Labute approximate surface area is 105 Å². The van der Waals surface area contributed by atoms with Crippen molar-refractivity contribution in [3.63, 3.8) is 0 Å². The van der Waals surface area contributed by atoms with E-state index in [4.69, 9.17) is 19.7 Å².